The maximum atomic E-state index is 9.84. The number of aryl methyl sites for hydroxylation is 1. The number of nitriles is 2. The molecule has 4 heterocycles. The average Bonchev–Trinajstić information content (AvgIpc) is 2.82. The van der Waals surface area contributed by atoms with Gasteiger partial charge in [-0.05, 0) is 72.1 Å². The number of pyridine rings is 2. The highest BCUT2D eigenvalue weighted by Crippen LogP contribution is 2.32. The van der Waals surface area contributed by atoms with E-state index in [9.17, 15) is 15.5 Å². The zero-order chi connectivity index (χ0) is 27.0. The third-order valence-corrected chi connectivity index (χ3v) is 6.67. The van der Waals surface area contributed by atoms with Crippen LogP contribution in [0.1, 0.15) is 30.5 Å². The third-order valence-electron chi connectivity index (χ3n) is 6.24. The Bertz CT molecular complexity index is 1410. The molecule has 2 aliphatic heterocycles. The summed E-state index contributed by atoms with van der Waals surface area (Å²) in [6.45, 7) is 7.58. The normalized spacial score (nSPS) is 16.9. The predicted molar refractivity (Wildman–Crippen MR) is 146 cm³/mol. The fraction of sp³-hybridized carbons (Fsp3) is 0.333. The van der Waals surface area contributed by atoms with Crippen LogP contribution >= 0.6 is 15.9 Å². The van der Waals surface area contributed by atoms with E-state index in [1.165, 1.54) is 0 Å². The number of halogens is 1. The topological polar surface area (TPSA) is 146 Å². The Morgan fingerprint density at radius 1 is 0.892 bits per heavy atom. The van der Waals surface area contributed by atoms with E-state index < -0.39 is 11.2 Å². The molecule has 0 aliphatic carbocycles. The number of aromatic nitrogens is 2. The summed E-state index contributed by atoms with van der Waals surface area (Å²) in [4.78, 5) is 12.4. The second-order valence-corrected chi connectivity index (χ2v) is 11.0. The van der Waals surface area contributed by atoms with Gasteiger partial charge < -0.3 is 25.7 Å². The van der Waals surface area contributed by atoms with Gasteiger partial charge in [0.2, 0.25) is 0 Å². The smallest absolute Gasteiger partial charge is 0.146 e. The molecule has 0 spiro atoms. The van der Waals surface area contributed by atoms with Crippen molar-refractivity contribution in [1.82, 2.24) is 9.97 Å². The highest BCUT2D eigenvalue weighted by molar-refractivity contribution is 9.10. The number of rotatable bonds is 3. The first-order valence-electron chi connectivity index (χ1n) is 11.7. The van der Waals surface area contributed by atoms with Crippen molar-refractivity contribution in [2.24, 2.45) is 0 Å². The molecule has 0 bridgehead atoms. The molecule has 5 rings (SSSR count). The van der Waals surface area contributed by atoms with Crippen molar-refractivity contribution < 1.29 is 10.2 Å². The second kappa shape index (κ2) is 9.98. The minimum Gasteiger partial charge on any atom is -0.399 e. The molecule has 2 saturated heterocycles. The molecule has 0 amide bonds. The fourth-order valence-electron chi connectivity index (χ4n) is 4.51. The number of anilines is 3. The molecule has 0 atom stereocenters. The monoisotopic (exact) mass is 561 g/mol. The van der Waals surface area contributed by atoms with Crippen LogP contribution in [-0.2, 0) is 0 Å². The van der Waals surface area contributed by atoms with E-state index in [0.29, 0.717) is 54.6 Å². The van der Waals surface area contributed by atoms with E-state index in [2.05, 4.69) is 38.0 Å². The van der Waals surface area contributed by atoms with Gasteiger partial charge in [-0.15, -0.1) is 0 Å². The quantitative estimate of drug-likeness (QED) is 0.409. The van der Waals surface area contributed by atoms with Crippen molar-refractivity contribution >= 4 is 33.3 Å². The largest absolute Gasteiger partial charge is 0.399 e. The number of nitrogens with zero attached hydrogens (tertiary/aromatic N) is 6. The van der Waals surface area contributed by atoms with Crippen molar-refractivity contribution in [3.8, 4) is 23.3 Å². The summed E-state index contributed by atoms with van der Waals surface area (Å²) in [6, 6.07) is 13.6. The first-order valence-corrected chi connectivity index (χ1v) is 12.5. The SMILES string of the molecule is CC1(O)CN(c2ncc(Br)cc2C#N)C1.Cc1ccc(N)cc1-c1cnc(N2CC(C)(O)C2)c(C#N)c1. The number of aliphatic hydroxyl groups is 2. The molecule has 1 aromatic carbocycles. The number of nitrogen functional groups attached to an aromatic ring is 1. The number of benzene rings is 1. The number of hydrogen-bond acceptors (Lipinski definition) is 9. The lowest BCUT2D eigenvalue weighted by molar-refractivity contribution is 0.0300. The first-order chi connectivity index (χ1) is 17.4. The fourth-order valence-corrected chi connectivity index (χ4v) is 4.84. The molecule has 2 fully saturated rings. The van der Waals surface area contributed by atoms with E-state index in [-0.39, 0.29) is 0 Å². The molecule has 0 radical (unpaired) electrons. The molecular weight excluding hydrogens is 534 g/mol. The Balaban J connectivity index is 0.000000186. The van der Waals surface area contributed by atoms with Crippen LogP contribution in [0.2, 0.25) is 0 Å². The minimum absolute atomic E-state index is 0.491. The van der Waals surface area contributed by atoms with Crippen LogP contribution in [-0.4, -0.2) is 57.6 Å². The molecule has 2 aliphatic rings. The Morgan fingerprint density at radius 2 is 1.41 bits per heavy atom. The summed E-state index contributed by atoms with van der Waals surface area (Å²) in [5, 5.41) is 37.8. The van der Waals surface area contributed by atoms with Gasteiger partial charge >= 0.3 is 0 Å². The van der Waals surface area contributed by atoms with Gasteiger partial charge in [0.15, 0.2) is 0 Å². The van der Waals surface area contributed by atoms with Gasteiger partial charge in [0.1, 0.15) is 23.8 Å². The number of hydrogen-bond donors (Lipinski definition) is 3. The van der Waals surface area contributed by atoms with Crippen LogP contribution in [0, 0.1) is 29.6 Å². The zero-order valence-corrected chi connectivity index (χ0v) is 22.5. The first kappa shape index (κ1) is 26.4. The maximum absolute atomic E-state index is 9.84. The summed E-state index contributed by atoms with van der Waals surface area (Å²) >= 11 is 3.27. The van der Waals surface area contributed by atoms with Crippen LogP contribution < -0.4 is 15.5 Å². The standard InChI is InChI=1S/C17H18N4O.C10H10BrN3O/c1-11-3-4-14(19)6-15(11)13-5-12(7-18)16(20-8-13)21-9-17(2,22)10-21;1-10(15)5-14(6-10)9-7(3-12)2-8(11)4-13-9/h3-6,8,22H,9-10,19H2,1-2H3;2,4,15H,5-6H2,1H3. The lowest BCUT2D eigenvalue weighted by Gasteiger charge is -2.45. The van der Waals surface area contributed by atoms with Crippen molar-refractivity contribution in [3.05, 3.63) is 63.9 Å². The van der Waals surface area contributed by atoms with E-state index >= 15 is 0 Å². The maximum Gasteiger partial charge on any atom is 0.146 e. The Hall–Kier alpha value is -3.70. The molecule has 0 saturated carbocycles. The van der Waals surface area contributed by atoms with E-state index in [1.807, 2.05) is 41.0 Å². The Kier molecular flexibility index (Phi) is 7.11. The van der Waals surface area contributed by atoms with Gasteiger partial charge in [-0.25, -0.2) is 9.97 Å². The van der Waals surface area contributed by atoms with Crippen LogP contribution in [0.25, 0.3) is 11.1 Å². The van der Waals surface area contributed by atoms with Gasteiger partial charge in [0.05, 0.1) is 22.3 Å². The lowest BCUT2D eigenvalue weighted by atomic mass is 9.95. The second-order valence-electron chi connectivity index (χ2n) is 10.1. The van der Waals surface area contributed by atoms with Crippen LogP contribution in [0.15, 0.2) is 47.2 Å². The molecule has 4 N–H and O–H groups in total. The van der Waals surface area contributed by atoms with Gasteiger partial charge in [-0.2, -0.15) is 10.5 Å². The predicted octanol–water partition coefficient (Wildman–Crippen LogP) is 3.37. The molecule has 190 valence electrons. The summed E-state index contributed by atoms with van der Waals surface area (Å²) in [7, 11) is 0. The lowest BCUT2D eigenvalue weighted by Crippen LogP contribution is -2.60. The van der Waals surface area contributed by atoms with Crippen LogP contribution in [0.4, 0.5) is 17.3 Å². The molecule has 2 aromatic heterocycles. The summed E-state index contributed by atoms with van der Waals surface area (Å²) in [6.07, 6.45) is 3.41. The molecule has 10 heteroatoms. The highest BCUT2D eigenvalue weighted by atomic mass is 79.9. The molecule has 37 heavy (non-hydrogen) atoms. The Morgan fingerprint density at radius 3 is 1.92 bits per heavy atom. The van der Waals surface area contributed by atoms with Crippen LogP contribution in [0.5, 0.6) is 0 Å². The van der Waals surface area contributed by atoms with Crippen molar-refractivity contribution in [3.63, 3.8) is 0 Å². The summed E-state index contributed by atoms with van der Waals surface area (Å²) < 4.78 is 0.787. The summed E-state index contributed by atoms with van der Waals surface area (Å²) in [5.41, 5.74) is 9.16. The van der Waals surface area contributed by atoms with Gasteiger partial charge in [-0.3, -0.25) is 0 Å². The summed E-state index contributed by atoms with van der Waals surface area (Å²) in [5.74, 6) is 1.27. The van der Waals surface area contributed by atoms with E-state index in [4.69, 9.17) is 11.0 Å². The van der Waals surface area contributed by atoms with Gasteiger partial charge in [0.25, 0.3) is 0 Å². The van der Waals surface area contributed by atoms with Crippen molar-refractivity contribution in [1.29, 1.82) is 10.5 Å². The van der Waals surface area contributed by atoms with Gasteiger partial charge in [0, 0.05) is 54.3 Å². The van der Waals surface area contributed by atoms with Crippen molar-refractivity contribution in [2.45, 2.75) is 32.0 Å². The Labute approximate surface area is 224 Å². The number of β-amino-alcohol motifs (C(OH)–C–C–N with tert-alkyl or cyclic N) is 2. The van der Waals surface area contributed by atoms with Gasteiger partial charge in [-0.1, -0.05) is 6.07 Å². The van der Waals surface area contributed by atoms with Crippen molar-refractivity contribution in [2.75, 3.05) is 41.7 Å². The highest BCUT2D eigenvalue weighted by Gasteiger charge is 2.39. The third kappa shape index (κ3) is 5.83. The van der Waals surface area contributed by atoms with E-state index in [0.717, 1.165) is 21.2 Å². The van der Waals surface area contributed by atoms with E-state index in [1.54, 1.807) is 32.3 Å². The zero-order valence-electron chi connectivity index (χ0n) is 20.9. The minimum atomic E-state index is -0.697. The number of nitrogens with two attached hydrogens (primary N) is 1. The molecule has 9 nitrogen and oxygen atoms in total. The molecule has 0 unspecified atom stereocenters. The average molecular weight is 562 g/mol. The molecular formula is C27H28BrN7O2. The van der Waals surface area contributed by atoms with Crippen LogP contribution in [0.3, 0.4) is 0 Å². The molecule has 3 aromatic rings.